The van der Waals surface area contributed by atoms with E-state index < -0.39 is 24.3 Å². The van der Waals surface area contributed by atoms with E-state index in [-0.39, 0.29) is 41.2 Å². The fourth-order valence-corrected chi connectivity index (χ4v) is 5.29. The summed E-state index contributed by atoms with van der Waals surface area (Å²) >= 11 is 0. The summed E-state index contributed by atoms with van der Waals surface area (Å²) in [7, 11) is 3.04. The third kappa shape index (κ3) is 5.15. The van der Waals surface area contributed by atoms with Gasteiger partial charge in [0, 0.05) is 42.4 Å². The van der Waals surface area contributed by atoms with Crippen molar-refractivity contribution in [1.29, 1.82) is 0 Å². The number of carbonyl (C=O) groups excluding carboxylic acids is 1. The highest BCUT2D eigenvalue weighted by atomic mass is 19.3. The van der Waals surface area contributed by atoms with Crippen molar-refractivity contribution in [1.82, 2.24) is 20.0 Å². The molecule has 8 nitrogen and oxygen atoms in total. The number of halogens is 3. The fraction of sp³-hybridized carbons (Fsp3) is 0.429. The Labute approximate surface area is 225 Å². The van der Waals surface area contributed by atoms with Crippen LogP contribution in [0.3, 0.4) is 0 Å². The number of fused-ring (bicyclic) bond motifs is 1. The van der Waals surface area contributed by atoms with E-state index in [1.165, 1.54) is 31.0 Å². The van der Waals surface area contributed by atoms with Crippen LogP contribution in [0.5, 0.6) is 11.5 Å². The lowest BCUT2D eigenvalue weighted by Gasteiger charge is -2.37. The van der Waals surface area contributed by atoms with Crippen LogP contribution < -0.4 is 20.1 Å². The number of rotatable bonds is 6. The van der Waals surface area contributed by atoms with Gasteiger partial charge in [-0.05, 0) is 56.2 Å². The molecule has 208 valence electrons. The third-order valence-electron chi connectivity index (χ3n) is 7.47. The van der Waals surface area contributed by atoms with Gasteiger partial charge in [0.1, 0.15) is 17.7 Å². The Hall–Kier alpha value is -3.73. The zero-order valence-corrected chi connectivity index (χ0v) is 22.2. The second-order valence-corrected chi connectivity index (χ2v) is 10.1. The van der Waals surface area contributed by atoms with Crippen LogP contribution in [0.2, 0.25) is 0 Å². The standard InChI is InChI=1S/C28H32F3N5O3/c1-15-14-35(16(2)13-32-15)28(37)18-5-7-19(20(29)9-18)22-12-26-33-21(11-23(27(30)31)36(26)34-22)17-6-8-24(38-3)25(10-17)39-4/h5-10,12,15-16,21,23,27,32-33H,11,13-14H2,1-4H3/t15-,16+,21?,23?/m0/s1. The number of ether oxygens (including phenoxy) is 2. The molecule has 0 bridgehead atoms. The number of piperazine rings is 1. The quantitative estimate of drug-likeness (QED) is 0.461. The molecule has 2 aromatic carbocycles. The first-order valence-corrected chi connectivity index (χ1v) is 12.9. The zero-order valence-electron chi connectivity index (χ0n) is 22.2. The van der Waals surface area contributed by atoms with Gasteiger partial charge < -0.3 is 25.0 Å². The molecule has 11 heteroatoms. The highest BCUT2D eigenvalue weighted by molar-refractivity contribution is 5.95. The Kier molecular flexibility index (Phi) is 7.44. The van der Waals surface area contributed by atoms with E-state index in [1.54, 1.807) is 35.2 Å². The van der Waals surface area contributed by atoms with Gasteiger partial charge in [-0.25, -0.2) is 17.9 Å². The zero-order chi connectivity index (χ0) is 27.8. The lowest BCUT2D eigenvalue weighted by atomic mass is 9.97. The Morgan fingerprint density at radius 1 is 1.08 bits per heavy atom. The summed E-state index contributed by atoms with van der Waals surface area (Å²) in [6, 6.07) is 9.52. The molecule has 1 fully saturated rings. The van der Waals surface area contributed by atoms with Gasteiger partial charge in [-0.3, -0.25) is 4.79 Å². The molecule has 2 aliphatic rings. The predicted molar refractivity (Wildman–Crippen MR) is 141 cm³/mol. The summed E-state index contributed by atoms with van der Waals surface area (Å²) in [5.41, 5.74) is 1.32. The highest BCUT2D eigenvalue weighted by Crippen LogP contribution is 2.41. The van der Waals surface area contributed by atoms with Crippen LogP contribution in [-0.4, -0.2) is 66.4 Å². The lowest BCUT2D eigenvalue weighted by Crippen LogP contribution is -2.56. The van der Waals surface area contributed by atoms with Crippen LogP contribution in [0.1, 0.15) is 48.3 Å². The van der Waals surface area contributed by atoms with Crippen molar-refractivity contribution in [3.63, 3.8) is 0 Å². The number of nitrogens with zero attached hydrogens (tertiary/aromatic N) is 3. The predicted octanol–water partition coefficient (Wildman–Crippen LogP) is 4.89. The van der Waals surface area contributed by atoms with Gasteiger partial charge in [-0.2, -0.15) is 5.10 Å². The lowest BCUT2D eigenvalue weighted by molar-refractivity contribution is 0.0615. The second-order valence-electron chi connectivity index (χ2n) is 10.1. The van der Waals surface area contributed by atoms with Gasteiger partial charge in [0.05, 0.1) is 26.0 Å². The third-order valence-corrected chi connectivity index (χ3v) is 7.47. The number of alkyl halides is 2. The van der Waals surface area contributed by atoms with Gasteiger partial charge in [-0.15, -0.1) is 0 Å². The van der Waals surface area contributed by atoms with Gasteiger partial charge in [-0.1, -0.05) is 6.07 Å². The summed E-state index contributed by atoms with van der Waals surface area (Å²) in [4.78, 5) is 14.8. The number of methoxy groups -OCH3 is 2. The summed E-state index contributed by atoms with van der Waals surface area (Å²) < 4.78 is 55.5. The number of benzene rings is 2. The maximum absolute atomic E-state index is 15.3. The monoisotopic (exact) mass is 543 g/mol. The van der Waals surface area contributed by atoms with Crippen molar-refractivity contribution in [2.24, 2.45) is 0 Å². The van der Waals surface area contributed by atoms with Gasteiger partial charge in [0.15, 0.2) is 11.5 Å². The van der Waals surface area contributed by atoms with E-state index in [0.29, 0.717) is 30.4 Å². The molecule has 4 atom stereocenters. The van der Waals surface area contributed by atoms with Gasteiger partial charge >= 0.3 is 0 Å². The second kappa shape index (κ2) is 10.8. The number of carbonyl (C=O) groups is 1. The number of aromatic nitrogens is 2. The number of hydrogen-bond donors (Lipinski definition) is 2. The Morgan fingerprint density at radius 3 is 2.54 bits per heavy atom. The van der Waals surface area contributed by atoms with Crippen molar-refractivity contribution in [3.8, 4) is 22.8 Å². The molecular formula is C28H32F3N5O3. The summed E-state index contributed by atoms with van der Waals surface area (Å²) in [5, 5.41) is 10.9. The number of hydrogen-bond acceptors (Lipinski definition) is 6. The first-order valence-electron chi connectivity index (χ1n) is 12.9. The number of nitrogens with one attached hydrogen (secondary N) is 2. The molecule has 0 aliphatic carbocycles. The largest absolute Gasteiger partial charge is 0.493 e. The normalized spacial score (nSPS) is 22.8. The Bertz CT molecular complexity index is 1360. The molecular weight excluding hydrogens is 511 g/mol. The van der Waals surface area contributed by atoms with Crippen molar-refractivity contribution in [3.05, 3.63) is 59.4 Å². The van der Waals surface area contributed by atoms with Crippen LogP contribution in [0, 0.1) is 5.82 Å². The van der Waals surface area contributed by atoms with Crippen molar-refractivity contribution in [2.45, 2.75) is 50.9 Å². The average molecular weight is 544 g/mol. The van der Waals surface area contributed by atoms with Crippen molar-refractivity contribution in [2.75, 3.05) is 32.6 Å². The van der Waals surface area contributed by atoms with E-state index in [2.05, 4.69) is 15.7 Å². The molecule has 39 heavy (non-hydrogen) atoms. The minimum absolute atomic E-state index is 0.0210. The molecule has 3 aromatic rings. The minimum atomic E-state index is -2.69. The summed E-state index contributed by atoms with van der Waals surface area (Å²) in [6.45, 7) is 5.13. The van der Waals surface area contributed by atoms with Gasteiger partial charge in [0.25, 0.3) is 12.3 Å². The van der Waals surface area contributed by atoms with Crippen LogP contribution >= 0.6 is 0 Å². The molecule has 2 N–H and O–H groups in total. The molecule has 0 saturated carbocycles. The topological polar surface area (TPSA) is 80.7 Å². The maximum atomic E-state index is 15.3. The molecule has 2 aliphatic heterocycles. The Morgan fingerprint density at radius 2 is 1.85 bits per heavy atom. The molecule has 0 spiro atoms. The molecule has 1 amide bonds. The summed E-state index contributed by atoms with van der Waals surface area (Å²) in [5.74, 6) is 0.490. The SMILES string of the molecule is COc1ccc(C2CC(C(F)F)n3nc(-c4ccc(C(=O)N5C[C@H](C)NC[C@H]5C)cc4F)cc3N2)cc1OC. The van der Waals surface area contributed by atoms with Crippen LogP contribution in [0.25, 0.3) is 11.3 Å². The van der Waals surface area contributed by atoms with E-state index in [0.717, 1.165) is 5.56 Å². The van der Waals surface area contributed by atoms with E-state index in [9.17, 15) is 13.6 Å². The van der Waals surface area contributed by atoms with E-state index in [4.69, 9.17) is 9.47 Å². The molecule has 3 heterocycles. The molecule has 0 radical (unpaired) electrons. The smallest absolute Gasteiger partial charge is 0.260 e. The van der Waals surface area contributed by atoms with E-state index >= 15 is 4.39 Å². The van der Waals surface area contributed by atoms with E-state index in [1.807, 2.05) is 13.8 Å². The summed E-state index contributed by atoms with van der Waals surface area (Å²) in [6.07, 6.45) is -2.62. The highest BCUT2D eigenvalue weighted by Gasteiger charge is 2.35. The van der Waals surface area contributed by atoms with Crippen LogP contribution in [0.15, 0.2) is 42.5 Å². The first-order chi connectivity index (χ1) is 18.7. The maximum Gasteiger partial charge on any atom is 0.260 e. The fourth-order valence-electron chi connectivity index (χ4n) is 5.29. The van der Waals surface area contributed by atoms with Gasteiger partial charge in [0.2, 0.25) is 0 Å². The minimum Gasteiger partial charge on any atom is -0.493 e. The van der Waals surface area contributed by atoms with Crippen LogP contribution in [-0.2, 0) is 0 Å². The Balaban J connectivity index is 1.43. The van der Waals surface area contributed by atoms with Crippen LogP contribution in [0.4, 0.5) is 19.0 Å². The average Bonchev–Trinajstić information content (AvgIpc) is 3.36. The van der Waals surface area contributed by atoms with Crippen molar-refractivity contribution >= 4 is 11.7 Å². The molecule has 5 rings (SSSR count). The molecule has 1 aromatic heterocycles. The number of anilines is 1. The van der Waals surface area contributed by atoms with Crippen molar-refractivity contribution < 1.29 is 27.4 Å². The molecule has 1 saturated heterocycles. The number of amides is 1. The first kappa shape index (κ1) is 26.9. The molecule has 2 unspecified atom stereocenters.